The second-order valence-corrected chi connectivity index (χ2v) is 5.94. The predicted octanol–water partition coefficient (Wildman–Crippen LogP) is 2.90. The summed E-state index contributed by atoms with van der Waals surface area (Å²) >= 11 is 0. The van der Waals surface area contributed by atoms with Crippen molar-refractivity contribution < 1.29 is 4.74 Å². The number of ether oxygens (including phenoxy) is 1. The minimum atomic E-state index is 0.00850. The van der Waals surface area contributed by atoms with E-state index in [-0.39, 0.29) is 5.60 Å². The van der Waals surface area contributed by atoms with Crippen molar-refractivity contribution >= 4 is 5.82 Å². The van der Waals surface area contributed by atoms with E-state index in [4.69, 9.17) is 4.74 Å². The maximum Gasteiger partial charge on any atom is 0.126 e. The molecule has 0 spiro atoms. The third-order valence-electron chi connectivity index (χ3n) is 4.02. The van der Waals surface area contributed by atoms with E-state index in [1.807, 2.05) is 13.3 Å². The summed E-state index contributed by atoms with van der Waals surface area (Å²) in [6.45, 7) is 8.48. The highest BCUT2D eigenvalue weighted by Gasteiger charge is 2.30. The molecule has 1 fully saturated rings. The van der Waals surface area contributed by atoms with Crippen molar-refractivity contribution in [1.29, 1.82) is 0 Å². The second-order valence-electron chi connectivity index (χ2n) is 5.94. The summed E-state index contributed by atoms with van der Waals surface area (Å²) in [6, 6.07) is 4.27. The average molecular weight is 277 g/mol. The lowest BCUT2D eigenvalue weighted by Gasteiger charge is -2.39. The third kappa shape index (κ3) is 4.18. The fourth-order valence-corrected chi connectivity index (χ4v) is 2.79. The van der Waals surface area contributed by atoms with Gasteiger partial charge in [-0.1, -0.05) is 6.92 Å². The first kappa shape index (κ1) is 15.3. The molecule has 1 aromatic rings. The van der Waals surface area contributed by atoms with Gasteiger partial charge in [-0.05, 0) is 50.4 Å². The highest BCUT2D eigenvalue weighted by Crippen LogP contribution is 2.25. The number of pyridine rings is 1. The van der Waals surface area contributed by atoms with Gasteiger partial charge in [0, 0.05) is 32.9 Å². The van der Waals surface area contributed by atoms with E-state index in [1.165, 1.54) is 12.0 Å². The van der Waals surface area contributed by atoms with Gasteiger partial charge in [-0.3, -0.25) is 4.90 Å². The summed E-state index contributed by atoms with van der Waals surface area (Å²) in [6.07, 6.45) is 5.37. The molecule has 2 heterocycles. The van der Waals surface area contributed by atoms with Gasteiger partial charge in [0.2, 0.25) is 0 Å². The van der Waals surface area contributed by atoms with E-state index in [0.717, 1.165) is 44.8 Å². The Morgan fingerprint density at radius 2 is 2.35 bits per heavy atom. The number of anilines is 1. The van der Waals surface area contributed by atoms with E-state index in [2.05, 4.69) is 41.2 Å². The van der Waals surface area contributed by atoms with Crippen molar-refractivity contribution in [2.45, 2.75) is 45.3 Å². The van der Waals surface area contributed by atoms with Crippen molar-refractivity contribution in [2.24, 2.45) is 0 Å². The van der Waals surface area contributed by atoms with Crippen LogP contribution in [0.15, 0.2) is 18.3 Å². The summed E-state index contributed by atoms with van der Waals surface area (Å²) in [4.78, 5) is 6.84. The van der Waals surface area contributed by atoms with Crippen LogP contribution in [0.3, 0.4) is 0 Å². The molecule has 1 atom stereocenters. The van der Waals surface area contributed by atoms with Crippen LogP contribution in [0.4, 0.5) is 5.82 Å². The number of nitrogens with one attached hydrogen (secondary N) is 1. The highest BCUT2D eigenvalue weighted by atomic mass is 16.5. The Hall–Kier alpha value is -1.13. The predicted molar refractivity (Wildman–Crippen MR) is 82.9 cm³/mol. The molecule has 0 bridgehead atoms. The third-order valence-corrected chi connectivity index (χ3v) is 4.02. The topological polar surface area (TPSA) is 37.4 Å². The summed E-state index contributed by atoms with van der Waals surface area (Å²) in [5.41, 5.74) is 1.33. The Balaban J connectivity index is 1.95. The Morgan fingerprint density at radius 3 is 3.10 bits per heavy atom. The molecule has 112 valence electrons. The average Bonchev–Trinajstić information content (AvgIpc) is 2.46. The van der Waals surface area contributed by atoms with Crippen LogP contribution >= 0.6 is 0 Å². The molecule has 1 aliphatic heterocycles. The Morgan fingerprint density at radius 1 is 1.50 bits per heavy atom. The molecule has 0 saturated carbocycles. The molecule has 0 radical (unpaired) electrons. The Kier molecular flexibility index (Phi) is 5.38. The lowest BCUT2D eigenvalue weighted by molar-refractivity contribution is -0.0527. The number of hydrogen-bond acceptors (Lipinski definition) is 4. The molecular formula is C16H27N3O. The zero-order valence-corrected chi connectivity index (χ0v) is 13.0. The number of rotatable bonds is 6. The molecule has 0 aliphatic carbocycles. The van der Waals surface area contributed by atoms with Gasteiger partial charge >= 0.3 is 0 Å². The van der Waals surface area contributed by atoms with E-state index in [9.17, 15) is 0 Å². The summed E-state index contributed by atoms with van der Waals surface area (Å²) in [5, 5.41) is 3.35. The highest BCUT2D eigenvalue weighted by molar-refractivity contribution is 5.37. The van der Waals surface area contributed by atoms with Gasteiger partial charge in [0.25, 0.3) is 0 Å². The molecule has 1 aliphatic rings. The number of nitrogens with zero attached hydrogens (tertiary/aromatic N) is 2. The first-order valence-electron chi connectivity index (χ1n) is 7.61. The zero-order valence-electron chi connectivity index (χ0n) is 13.0. The first-order valence-corrected chi connectivity index (χ1v) is 7.61. The minimum absolute atomic E-state index is 0.00850. The van der Waals surface area contributed by atoms with Gasteiger partial charge in [-0.2, -0.15) is 0 Å². The number of likely N-dealkylation sites (tertiary alicyclic amines) is 1. The van der Waals surface area contributed by atoms with Crippen molar-refractivity contribution in [3.8, 4) is 0 Å². The van der Waals surface area contributed by atoms with Gasteiger partial charge < -0.3 is 10.1 Å². The van der Waals surface area contributed by atoms with Gasteiger partial charge in [-0.25, -0.2) is 4.98 Å². The largest absolute Gasteiger partial charge is 0.377 e. The Bertz CT molecular complexity index is 424. The summed E-state index contributed by atoms with van der Waals surface area (Å²) < 4.78 is 5.66. The van der Waals surface area contributed by atoms with E-state index < -0.39 is 0 Å². The van der Waals surface area contributed by atoms with Crippen LogP contribution in [-0.4, -0.2) is 42.2 Å². The van der Waals surface area contributed by atoms with Crippen molar-refractivity contribution in [2.75, 3.05) is 32.1 Å². The fraction of sp³-hybridized carbons (Fsp3) is 0.688. The molecule has 1 aromatic heterocycles. The van der Waals surface area contributed by atoms with Crippen LogP contribution in [-0.2, 0) is 11.3 Å². The van der Waals surface area contributed by atoms with Gasteiger partial charge in [0.05, 0.1) is 5.60 Å². The van der Waals surface area contributed by atoms with Crippen molar-refractivity contribution in [3.63, 3.8) is 0 Å². The van der Waals surface area contributed by atoms with Gasteiger partial charge in [0.15, 0.2) is 0 Å². The summed E-state index contributed by atoms with van der Waals surface area (Å²) in [5.74, 6) is 0.982. The van der Waals surface area contributed by atoms with Crippen molar-refractivity contribution in [3.05, 3.63) is 23.9 Å². The van der Waals surface area contributed by atoms with E-state index >= 15 is 0 Å². The molecule has 0 aromatic carbocycles. The molecule has 4 nitrogen and oxygen atoms in total. The summed E-state index contributed by atoms with van der Waals surface area (Å²) in [7, 11) is 1.82. The minimum Gasteiger partial charge on any atom is -0.377 e. The van der Waals surface area contributed by atoms with Crippen LogP contribution < -0.4 is 5.32 Å². The SMILES string of the molecule is CCCNc1cc(CN2CCCC(C)(OC)C2)ccn1. The molecule has 4 heteroatoms. The zero-order chi connectivity index (χ0) is 14.4. The maximum absolute atomic E-state index is 5.66. The quantitative estimate of drug-likeness (QED) is 0.867. The number of piperidine rings is 1. The smallest absolute Gasteiger partial charge is 0.126 e. The molecule has 2 rings (SSSR count). The molecule has 20 heavy (non-hydrogen) atoms. The molecular weight excluding hydrogens is 250 g/mol. The van der Waals surface area contributed by atoms with Crippen LogP contribution in [0, 0.1) is 0 Å². The van der Waals surface area contributed by atoms with E-state index in [0.29, 0.717) is 0 Å². The number of methoxy groups -OCH3 is 1. The molecule has 0 amide bonds. The lowest BCUT2D eigenvalue weighted by Crippen LogP contribution is -2.46. The molecule has 1 N–H and O–H groups in total. The standard InChI is InChI=1S/C16H27N3O/c1-4-8-17-15-11-14(6-9-18-15)12-19-10-5-7-16(2,13-19)20-3/h6,9,11H,4-5,7-8,10,12-13H2,1-3H3,(H,17,18). The van der Waals surface area contributed by atoms with Crippen LogP contribution in [0.2, 0.25) is 0 Å². The van der Waals surface area contributed by atoms with Crippen LogP contribution in [0.25, 0.3) is 0 Å². The molecule has 1 saturated heterocycles. The lowest BCUT2D eigenvalue weighted by atomic mass is 9.94. The molecule has 1 unspecified atom stereocenters. The maximum atomic E-state index is 5.66. The first-order chi connectivity index (χ1) is 9.65. The van der Waals surface area contributed by atoms with Crippen LogP contribution in [0.1, 0.15) is 38.7 Å². The van der Waals surface area contributed by atoms with Gasteiger partial charge in [-0.15, -0.1) is 0 Å². The van der Waals surface area contributed by atoms with Gasteiger partial charge in [0.1, 0.15) is 5.82 Å². The van der Waals surface area contributed by atoms with Crippen LogP contribution in [0.5, 0.6) is 0 Å². The number of aromatic nitrogens is 1. The Labute approximate surface area is 122 Å². The monoisotopic (exact) mass is 277 g/mol. The number of hydrogen-bond donors (Lipinski definition) is 1. The fourth-order valence-electron chi connectivity index (χ4n) is 2.79. The van der Waals surface area contributed by atoms with E-state index in [1.54, 1.807) is 0 Å². The second kappa shape index (κ2) is 7.04. The normalized spacial score (nSPS) is 23.8. The van der Waals surface area contributed by atoms with Crippen molar-refractivity contribution in [1.82, 2.24) is 9.88 Å².